The summed E-state index contributed by atoms with van der Waals surface area (Å²) in [7, 11) is 0. The fraction of sp³-hybridized carbons (Fsp3) is 0.647. The van der Waals surface area contributed by atoms with Crippen LogP contribution < -0.4 is 0 Å². The maximum absolute atomic E-state index is 12.4. The molecule has 2 saturated heterocycles. The summed E-state index contributed by atoms with van der Waals surface area (Å²) >= 11 is 0. The van der Waals surface area contributed by atoms with Crippen LogP contribution in [0.1, 0.15) is 29.6 Å². The summed E-state index contributed by atoms with van der Waals surface area (Å²) in [4.78, 5) is 20.6. The molecule has 3 rings (SSSR count). The van der Waals surface area contributed by atoms with Crippen molar-refractivity contribution >= 4 is 5.91 Å². The number of β-amino-alcohol motifs (C(OH)–C–C–N with tert-alkyl or cyclic N) is 1. The number of carbonyl (C=O) groups excluding carboxylic acids is 1. The highest BCUT2D eigenvalue weighted by Gasteiger charge is 2.33. The number of amides is 1. The Hall–Kier alpha value is -1.50. The smallest absolute Gasteiger partial charge is 0.255 e. The Balaban J connectivity index is 1.52. The van der Waals surface area contributed by atoms with Gasteiger partial charge in [0.25, 0.3) is 5.91 Å². The van der Waals surface area contributed by atoms with Gasteiger partial charge < -0.3 is 15.1 Å². The molecule has 0 spiro atoms. The molecular formula is C17H25N3O3. The lowest BCUT2D eigenvalue weighted by atomic mass is 9.92. The van der Waals surface area contributed by atoms with E-state index in [2.05, 4.69) is 9.88 Å². The normalized spacial score (nSPS) is 27.1. The predicted octanol–water partition coefficient (Wildman–Crippen LogP) is 0.361. The third-order valence-corrected chi connectivity index (χ3v) is 5.16. The maximum atomic E-state index is 12.4. The largest absolute Gasteiger partial charge is 0.396 e. The van der Waals surface area contributed by atoms with Crippen LogP contribution in [0.15, 0.2) is 24.5 Å². The Bertz CT molecular complexity index is 517. The van der Waals surface area contributed by atoms with Crippen LogP contribution in [0.25, 0.3) is 0 Å². The van der Waals surface area contributed by atoms with E-state index >= 15 is 0 Å². The number of nitrogens with zero attached hydrogens (tertiary/aromatic N) is 3. The van der Waals surface area contributed by atoms with Gasteiger partial charge in [0.15, 0.2) is 0 Å². The maximum Gasteiger partial charge on any atom is 0.255 e. The van der Waals surface area contributed by atoms with Gasteiger partial charge in [-0.2, -0.15) is 0 Å². The van der Waals surface area contributed by atoms with Crippen LogP contribution >= 0.6 is 0 Å². The van der Waals surface area contributed by atoms with Crippen molar-refractivity contribution in [1.29, 1.82) is 0 Å². The molecule has 0 saturated carbocycles. The van der Waals surface area contributed by atoms with E-state index in [0.717, 1.165) is 38.9 Å². The minimum atomic E-state index is -0.441. The van der Waals surface area contributed by atoms with Crippen LogP contribution in [0.5, 0.6) is 0 Å². The second-order valence-electron chi connectivity index (χ2n) is 6.56. The molecule has 0 radical (unpaired) electrons. The Morgan fingerprint density at radius 1 is 1.26 bits per heavy atom. The Kier molecular flexibility index (Phi) is 5.25. The Morgan fingerprint density at radius 3 is 2.65 bits per heavy atom. The molecule has 0 aromatic carbocycles. The fourth-order valence-electron chi connectivity index (χ4n) is 3.66. The zero-order valence-corrected chi connectivity index (χ0v) is 13.3. The molecule has 2 atom stereocenters. The number of aliphatic hydroxyl groups is 2. The Morgan fingerprint density at radius 2 is 2.04 bits per heavy atom. The summed E-state index contributed by atoms with van der Waals surface area (Å²) in [6.45, 7) is 3.10. The summed E-state index contributed by atoms with van der Waals surface area (Å²) in [6.07, 6.45) is 5.55. The van der Waals surface area contributed by atoms with Gasteiger partial charge in [0.05, 0.1) is 11.7 Å². The van der Waals surface area contributed by atoms with Gasteiger partial charge >= 0.3 is 0 Å². The number of pyridine rings is 1. The number of rotatable bonds is 3. The van der Waals surface area contributed by atoms with Gasteiger partial charge in [-0.15, -0.1) is 0 Å². The molecule has 2 fully saturated rings. The summed E-state index contributed by atoms with van der Waals surface area (Å²) in [6, 6.07) is 4.01. The lowest BCUT2D eigenvalue weighted by molar-refractivity contribution is -0.0254. The third-order valence-electron chi connectivity index (χ3n) is 5.16. The number of aromatic nitrogens is 1. The van der Waals surface area contributed by atoms with Crippen molar-refractivity contribution in [3.05, 3.63) is 30.1 Å². The van der Waals surface area contributed by atoms with E-state index in [0.29, 0.717) is 18.2 Å². The summed E-state index contributed by atoms with van der Waals surface area (Å²) in [5.74, 6) is 0.0640. The second-order valence-corrected chi connectivity index (χ2v) is 6.56. The van der Waals surface area contributed by atoms with Crippen molar-refractivity contribution in [3.8, 4) is 0 Å². The molecule has 6 heteroatoms. The van der Waals surface area contributed by atoms with Gasteiger partial charge in [-0.05, 0) is 37.9 Å². The van der Waals surface area contributed by atoms with E-state index in [-0.39, 0.29) is 18.4 Å². The molecule has 126 valence electrons. The number of aliphatic hydroxyl groups excluding tert-OH is 2. The van der Waals surface area contributed by atoms with Gasteiger partial charge in [0.1, 0.15) is 0 Å². The lowest BCUT2D eigenvalue weighted by Crippen LogP contribution is -2.53. The number of hydrogen-bond acceptors (Lipinski definition) is 5. The zero-order chi connectivity index (χ0) is 16.2. The van der Waals surface area contributed by atoms with Crippen LogP contribution in [0, 0.1) is 5.92 Å². The molecule has 0 unspecified atom stereocenters. The first-order chi connectivity index (χ1) is 11.2. The van der Waals surface area contributed by atoms with Gasteiger partial charge in [-0.3, -0.25) is 14.7 Å². The van der Waals surface area contributed by atoms with Crippen molar-refractivity contribution in [1.82, 2.24) is 14.8 Å². The minimum Gasteiger partial charge on any atom is -0.396 e. The van der Waals surface area contributed by atoms with Gasteiger partial charge in [-0.1, -0.05) is 0 Å². The molecule has 6 nitrogen and oxygen atoms in total. The highest BCUT2D eigenvalue weighted by atomic mass is 16.3. The average molecular weight is 319 g/mol. The summed E-state index contributed by atoms with van der Waals surface area (Å²) < 4.78 is 0. The first-order valence-electron chi connectivity index (χ1n) is 8.41. The van der Waals surface area contributed by atoms with Crippen LogP contribution in [0.3, 0.4) is 0 Å². The molecule has 1 amide bonds. The molecule has 1 aromatic heterocycles. The van der Waals surface area contributed by atoms with E-state index in [1.807, 2.05) is 4.90 Å². The molecule has 2 aliphatic rings. The van der Waals surface area contributed by atoms with Crippen molar-refractivity contribution in [2.24, 2.45) is 5.92 Å². The van der Waals surface area contributed by atoms with E-state index < -0.39 is 6.10 Å². The predicted molar refractivity (Wildman–Crippen MR) is 85.9 cm³/mol. The number of likely N-dealkylation sites (tertiary alicyclic amines) is 2. The van der Waals surface area contributed by atoms with Crippen LogP contribution in [-0.4, -0.2) is 75.8 Å². The molecule has 1 aromatic rings. The first kappa shape index (κ1) is 16.4. The van der Waals surface area contributed by atoms with Crippen molar-refractivity contribution in [2.75, 3.05) is 32.8 Å². The van der Waals surface area contributed by atoms with Crippen LogP contribution in [0.2, 0.25) is 0 Å². The second kappa shape index (κ2) is 7.38. The third kappa shape index (κ3) is 3.71. The first-order valence-corrected chi connectivity index (χ1v) is 8.41. The van der Waals surface area contributed by atoms with E-state index in [1.54, 1.807) is 24.5 Å². The molecule has 2 aliphatic heterocycles. The number of piperidine rings is 2. The number of carbonyl (C=O) groups is 1. The SMILES string of the molecule is O=C(c1cccnc1)N1CCC(N2CC[C@H](CO)[C@H](O)C2)CC1. The van der Waals surface area contributed by atoms with E-state index in [1.165, 1.54) is 0 Å². The van der Waals surface area contributed by atoms with Gasteiger partial charge in [0.2, 0.25) is 0 Å². The molecule has 0 aliphatic carbocycles. The lowest BCUT2D eigenvalue weighted by Gasteiger charge is -2.43. The van der Waals surface area contributed by atoms with Gasteiger partial charge in [-0.25, -0.2) is 0 Å². The monoisotopic (exact) mass is 319 g/mol. The Labute approximate surface area is 136 Å². The topological polar surface area (TPSA) is 76.9 Å². The van der Waals surface area contributed by atoms with Crippen molar-refractivity contribution in [3.63, 3.8) is 0 Å². The molecule has 3 heterocycles. The molecule has 2 N–H and O–H groups in total. The van der Waals surface area contributed by atoms with Crippen molar-refractivity contribution in [2.45, 2.75) is 31.4 Å². The van der Waals surface area contributed by atoms with Crippen LogP contribution in [-0.2, 0) is 0 Å². The molecular weight excluding hydrogens is 294 g/mol. The van der Waals surface area contributed by atoms with E-state index in [9.17, 15) is 15.0 Å². The average Bonchev–Trinajstić information content (AvgIpc) is 2.62. The zero-order valence-electron chi connectivity index (χ0n) is 13.3. The summed E-state index contributed by atoms with van der Waals surface area (Å²) in [5.41, 5.74) is 0.644. The highest BCUT2D eigenvalue weighted by molar-refractivity contribution is 5.93. The number of hydrogen-bond donors (Lipinski definition) is 2. The van der Waals surface area contributed by atoms with Crippen molar-refractivity contribution < 1.29 is 15.0 Å². The molecule has 23 heavy (non-hydrogen) atoms. The highest BCUT2D eigenvalue weighted by Crippen LogP contribution is 2.24. The minimum absolute atomic E-state index is 0.0125. The quantitative estimate of drug-likeness (QED) is 0.841. The standard InChI is InChI=1S/C17H25N3O3/c21-12-14-3-7-20(11-16(14)22)15-4-8-19(9-5-15)17(23)13-2-1-6-18-10-13/h1-2,6,10,14-16,21-22H,3-5,7-9,11-12H2/t14-,16-/m1/s1. The van der Waals surface area contributed by atoms with Gasteiger partial charge in [0, 0.05) is 50.6 Å². The fourth-order valence-corrected chi connectivity index (χ4v) is 3.66. The molecule has 0 bridgehead atoms. The van der Waals surface area contributed by atoms with E-state index in [4.69, 9.17) is 0 Å². The summed E-state index contributed by atoms with van der Waals surface area (Å²) in [5, 5.41) is 19.3. The van der Waals surface area contributed by atoms with Crippen LogP contribution in [0.4, 0.5) is 0 Å².